The fourth-order valence-corrected chi connectivity index (χ4v) is 6.39. The van der Waals surface area contributed by atoms with Gasteiger partial charge in [-0.3, -0.25) is 0 Å². The number of hydrogen-bond acceptors (Lipinski definition) is 11. The number of nitrogens with zero attached hydrogens (tertiary/aromatic N) is 5. The van der Waals surface area contributed by atoms with Crippen LogP contribution in [-0.4, -0.2) is 61.5 Å². The summed E-state index contributed by atoms with van der Waals surface area (Å²) >= 11 is 2.90. The molecule has 13 heteroatoms. The van der Waals surface area contributed by atoms with E-state index in [4.69, 9.17) is 18.6 Å². The first-order valence-corrected chi connectivity index (χ1v) is 14.9. The van der Waals surface area contributed by atoms with Crippen molar-refractivity contribution in [3.05, 3.63) is 45.5 Å². The van der Waals surface area contributed by atoms with Crippen molar-refractivity contribution in [3.63, 3.8) is 0 Å². The van der Waals surface area contributed by atoms with Crippen molar-refractivity contribution < 1.29 is 28.5 Å². The molecule has 0 atom stereocenters. The number of benzene rings is 1. The largest absolute Gasteiger partial charge is 0.496 e. The molecule has 1 N–H and O–H groups in total. The monoisotopic (exact) mass is 597 g/mol. The van der Waals surface area contributed by atoms with Crippen LogP contribution in [-0.2, 0) is 16.9 Å². The predicted molar refractivity (Wildman–Crippen MR) is 155 cm³/mol. The lowest BCUT2D eigenvalue weighted by Crippen LogP contribution is -2.46. The van der Waals surface area contributed by atoms with Crippen LogP contribution in [0.5, 0.6) is 11.5 Å². The third-order valence-corrected chi connectivity index (χ3v) is 8.70. The highest BCUT2D eigenvalue weighted by molar-refractivity contribution is 7.16. The summed E-state index contributed by atoms with van der Waals surface area (Å²) in [6.45, 7) is 8.45. The number of carbonyl (C=O) groups is 1. The van der Waals surface area contributed by atoms with Gasteiger partial charge in [0.25, 0.3) is 0 Å². The van der Waals surface area contributed by atoms with Crippen molar-refractivity contribution in [3.8, 4) is 23.0 Å². The standard InChI is InChI=1S/C28H31N5O6S2/c1-16-31-33-13-20(30-25(33)41-16)23-12-19-21(10-18(36-5)11-22(19)38-23)37-14-17-15-40-24(29-17)28(35)6-8-32(9-7-28)26(34)39-27(2,3)4/h10-13,15,35H,6-9,14H2,1-5H3. The van der Waals surface area contributed by atoms with Crippen LogP contribution in [0.4, 0.5) is 4.79 Å². The summed E-state index contributed by atoms with van der Waals surface area (Å²) in [4.78, 5) is 24.2. The van der Waals surface area contributed by atoms with Gasteiger partial charge in [-0.25, -0.2) is 19.3 Å². The molecule has 0 radical (unpaired) electrons. The van der Waals surface area contributed by atoms with E-state index in [2.05, 4.69) is 15.1 Å². The molecule has 4 aromatic heterocycles. The summed E-state index contributed by atoms with van der Waals surface area (Å²) in [5.74, 6) is 1.79. The molecule has 41 heavy (non-hydrogen) atoms. The fourth-order valence-electron chi connectivity index (χ4n) is 4.70. The van der Waals surface area contributed by atoms with E-state index in [0.29, 0.717) is 65.2 Å². The van der Waals surface area contributed by atoms with Gasteiger partial charge in [-0.05, 0) is 33.8 Å². The van der Waals surface area contributed by atoms with E-state index in [-0.39, 0.29) is 12.7 Å². The highest BCUT2D eigenvalue weighted by Crippen LogP contribution is 2.38. The van der Waals surface area contributed by atoms with Gasteiger partial charge in [0, 0.05) is 43.4 Å². The van der Waals surface area contributed by atoms with Crippen LogP contribution in [0.2, 0.25) is 0 Å². The van der Waals surface area contributed by atoms with Crippen molar-refractivity contribution in [2.24, 2.45) is 0 Å². The number of methoxy groups -OCH3 is 1. The van der Waals surface area contributed by atoms with Crippen LogP contribution in [0, 0.1) is 6.92 Å². The zero-order valence-electron chi connectivity index (χ0n) is 23.5. The Morgan fingerprint density at radius 3 is 2.68 bits per heavy atom. The topological polar surface area (TPSA) is 124 Å². The Morgan fingerprint density at radius 2 is 1.98 bits per heavy atom. The number of amides is 1. The minimum absolute atomic E-state index is 0.197. The Labute approximate surface area is 244 Å². The Balaban J connectivity index is 1.16. The highest BCUT2D eigenvalue weighted by Gasteiger charge is 2.39. The van der Waals surface area contributed by atoms with Gasteiger partial charge in [0.2, 0.25) is 4.96 Å². The fraction of sp³-hybridized carbons (Fsp3) is 0.429. The van der Waals surface area contributed by atoms with E-state index in [1.807, 2.05) is 57.5 Å². The molecule has 216 valence electrons. The summed E-state index contributed by atoms with van der Waals surface area (Å²) in [5, 5.41) is 20.0. The van der Waals surface area contributed by atoms with Crippen molar-refractivity contribution in [1.82, 2.24) is 24.5 Å². The first-order chi connectivity index (χ1) is 19.5. The third-order valence-electron chi connectivity index (χ3n) is 6.77. The molecule has 1 saturated heterocycles. The van der Waals surface area contributed by atoms with Crippen LogP contribution in [0.3, 0.4) is 0 Å². The van der Waals surface area contributed by atoms with Crippen LogP contribution >= 0.6 is 22.7 Å². The number of imidazole rings is 1. The Hall–Kier alpha value is -3.68. The van der Waals surface area contributed by atoms with Crippen molar-refractivity contribution in [1.29, 1.82) is 0 Å². The number of furan rings is 1. The number of ether oxygens (including phenoxy) is 3. The van der Waals surface area contributed by atoms with E-state index in [0.717, 1.165) is 15.4 Å². The van der Waals surface area contributed by atoms with E-state index in [1.54, 1.807) is 16.5 Å². The van der Waals surface area contributed by atoms with Gasteiger partial charge in [-0.1, -0.05) is 11.3 Å². The molecule has 5 aromatic rings. The van der Waals surface area contributed by atoms with Crippen LogP contribution in [0.25, 0.3) is 27.4 Å². The van der Waals surface area contributed by atoms with Gasteiger partial charge in [-0.15, -0.1) is 11.3 Å². The number of hydrogen-bond donors (Lipinski definition) is 1. The lowest BCUT2D eigenvalue weighted by Gasteiger charge is -2.37. The summed E-state index contributed by atoms with van der Waals surface area (Å²) in [7, 11) is 1.59. The van der Waals surface area contributed by atoms with Crippen LogP contribution in [0.15, 0.2) is 34.2 Å². The number of piperidine rings is 1. The molecule has 1 aliphatic heterocycles. The van der Waals surface area contributed by atoms with Gasteiger partial charge in [0.15, 0.2) is 5.76 Å². The summed E-state index contributed by atoms with van der Waals surface area (Å²) < 4.78 is 25.0. The lowest BCUT2D eigenvalue weighted by molar-refractivity contribution is -0.0358. The first kappa shape index (κ1) is 27.5. The molecule has 1 amide bonds. The van der Waals surface area contributed by atoms with E-state index in [1.165, 1.54) is 22.7 Å². The average Bonchev–Trinajstić information content (AvgIpc) is 3.69. The third kappa shape index (κ3) is 5.61. The molecule has 11 nitrogen and oxygen atoms in total. The number of rotatable bonds is 6. The van der Waals surface area contributed by atoms with Crippen molar-refractivity contribution in [2.45, 2.75) is 58.3 Å². The van der Waals surface area contributed by atoms with Gasteiger partial charge in [0.1, 0.15) is 50.6 Å². The van der Waals surface area contributed by atoms with Gasteiger partial charge < -0.3 is 28.6 Å². The Morgan fingerprint density at radius 1 is 1.20 bits per heavy atom. The number of carbonyl (C=O) groups excluding carboxylic acids is 1. The van der Waals surface area contributed by atoms with Crippen molar-refractivity contribution in [2.75, 3.05) is 20.2 Å². The van der Waals surface area contributed by atoms with Gasteiger partial charge in [0.05, 0.1) is 24.4 Å². The van der Waals surface area contributed by atoms with Crippen molar-refractivity contribution >= 4 is 44.7 Å². The molecule has 0 aliphatic carbocycles. The molecule has 6 rings (SSSR count). The van der Waals surface area contributed by atoms with E-state index >= 15 is 0 Å². The molecule has 1 aromatic carbocycles. The Bertz CT molecular complexity index is 1690. The molecule has 0 spiro atoms. The van der Waals surface area contributed by atoms with E-state index in [9.17, 15) is 9.90 Å². The molecule has 0 bridgehead atoms. The number of aryl methyl sites for hydroxylation is 1. The molecular weight excluding hydrogens is 566 g/mol. The second kappa shape index (κ2) is 10.3. The smallest absolute Gasteiger partial charge is 0.410 e. The Kier molecular flexibility index (Phi) is 6.91. The maximum Gasteiger partial charge on any atom is 0.410 e. The average molecular weight is 598 g/mol. The number of aromatic nitrogens is 4. The number of thiazole rings is 1. The van der Waals surface area contributed by atoms with Gasteiger partial charge in [-0.2, -0.15) is 5.10 Å². The maximum absolute atomic E-state index is 12.4. The number of fused-ring (bicyclic) bond motifs is 2. The van der Waals surface area contributed by atoms with Crippen LogP contribution in [0.1, 0.15) is 49.3 Å². The molecule has 0 saturated carbocycles. The summed E-state index contributed by atoms with van der Waals surface area (Å²) in [6, 6.07) is 5.52. The second-order valence-corrected chi connectivity index (χ2v) is 13.1. The normalized spacial score (nSPS) is 15.5. The maximum atomic E-state index is 12.4. The second-order valence-electron chi connectivity index (χ2n) is 11.1. The minimum Gasteiger partial charge on any atom is -0.496 e. The zero-order valence-corrected chi connectivity index (χ0v) is 25.1. The molecule has 0 unspecified atom stereocenters. The van der Waals surface area contributed by atoms with E-state index < -0.39 is 11.2 Å². The molecule has 5 heterocycles. The summed E-state index contributed by atoms with van der Waals surface area (Å²) in [6.07, 6.45) is 2.25. The number of aliphatic hydroxyl groups is 1. The zero-order chi connectivity index (χ0) is 28.9. The SMILES string of the molecule is COc1cc(OCc2csc(C3(O)CCN(C(=O)OC(C)(C)C)CC3)n2)c2cc(-c3cn4nc(C)sc4n3)oc2c1. The first-order valence-electron chi connectivity index (χ1n) is 13.2. The quantitative estimate of drug-likeness (QED) is 0.260. The predicted octanol–water partition coefficient (Wildman–Crippen LogP) is 5.78. The molecular formula is C28H31N5O6S2. The summed E-state index contributed by atoms with van der Waals surface area (Å²) in [5.41, 5.74) is 0.327. The molecule has 1 fully saturated rings. The molecule has 1 aliphatic rings. The lowest BCUT2D eigenvalue weighted by atomic mass is 9.92. The number of likely N-dealkylation sites (tertiary alicyclic amines) is 1. The highest BCUT2D eigenvalue weighted by atomic mass is 32.1. The van der Waals surface area contributed by atoms with Gasteiger partial charge >= 0.3 is 6.09 Å². The minimum atomic E-state index is -1.10. The van der Waals surface area contributed by atoms with Crippen LogP contribution < -0.4 is 9.47 Å².